The maximum atomic E-state index is 10.1. The molecule has 0 aliphatic rings. The highest BCUT2D eigenvalue weighted by atomic mass is 16.3. The molecule has 0 amide bonds. The highest BCUT2D eigenvalue weighted by Crippen LogP contribution is 2.30. The summed E-state index contributed by atoms with van der Waals surface area (Å²) in [7, 11) is 0. The Bertz CT molecular complexity index is 1560. The number of H-pyrrole nitrogens is 1. The smallest absolute Gasteiger partial charge is 0.162 e. The lowest BCUT2D eigenvalue weighted by Crippen LogP contribution is -2.01. The van der Waals surface area contributed by atoms with E-state index in [0.29, 0.717) is 17.2 Å². The summed E-state index contributed by atoms with van der Waals surface area (Å²) in [4.78, 5) is 9.54. The zero-order valence-electron chi connectivity index (χ0n) is 18.7. The molecule has 0 saturated heterocycles. The first-order valence-electron chi connectivity index (χ1n) is 10.9. The van der Waals surface area contributed by atoms with Crippen LogP contribution in [0.1, 0.15) is 18.3 Å². The van der Waals surface area contributed by atoms with E-state index in [-0.39, 0.29) is 5.75 Å². The lowest BCUT2D eigenvalue weighted by molar-refractivity contribution is 0.476. The Kier molecular flexibility index (Phi) is 5.62. The van der Waals surface area contributed by atoms with Crippen LogP contribution in [0.5, 0.6) is 5.75 Å². The zero-order valence-corrected chi connectivity index (χ0v) is 18.7. The lowest BCUT2D eigenvalue weighted by Gasteiger charge is -2.12. The van der Waals surface area contributed by atoms with Crippen molar-refractivity contribution in [3.8, 4) is 5.75 Å². The van der Waals surface area contributed by atoms with Crippen molar-refractivity contribution in [1.29, 1.82) is 0 Å². The van der Waals surface area contributed by atoms with Gasteiger partial charge in [0.25, 0.3) is 0 Å². The van der Waals surface area contributed by atoms with Crippen molar-refractivity contribution in [1.82, 2.24) is 20.2 Å². The van der Waals surface area contributed by atoms with Crippen LogP contribution in [0, 0.1) is 0 Å². The molecule has 6 heteroatoms. The van der Waals surface area contributed by atoms with Gasteiger partial charge in [0.1, 0.15) is 11.6 Å². The molecule has 0 aliphatic carbocycles. The van der Waals surface area contributed by atoms with Crippen molar-refractivity contribution in [2.24, 2.45) is 0 Å². The predicted octanol–water partition coefficient (Wildman–Crippen LogP) is 6.63. The van der Waals surface area contributed by atoms with E-state index in [1.807, 2.05) is 48.6 Å². The summed E-state index contributed by atoms with van der Waals surface area (Å²) >= 11 is 0. The van der Waals surface area contributed by atoms with E-state index in [1.54, 1.807) is 30.5 Å². The van der Waals surface area contributed by atoms with Crippen molar-refractivity contribution in [2.45, 2.75) is 6.92 Å². The van der Waals surface area contributed by atoms with Gasteiger partial charge in [-0.05, 0) is 54.5 Å². The third-order valence-electron chi connectivity index (χ3n) is 5.60. The Morgan fingerprint density at radius 1 is 1.00 bits per heavy atom. The van der Waals surface area contributed by atoms with Crippen molar-refractivity contribution < 1.29 is 5.11 Å². The number of nitrogens with one attached hydrogen (secondary N) is 2. The number of benzene rings is 3. The molecular formula is C28H23N5O. The minimum Gasteiger partial charge on any atom is -0.508 e. The summed E-state index contributed by atoms with van der Waals surface area (Å²) in [5.41, 5.74) is 5.58. The van der Waals surface area contributed by atoms with E-state index < -0.39 is 0 Å². The molecule has 0 saturated carbocycles. The summed E-state index contributed by atoms with van der Waals surface area (Å²) < 4.78 is 0. The molecule has 0 atom stereocenters. The molecule has 0 spiro atoms. The standard InChI is InChI=1S/C28H23N5O/c1-3-19(10-9-18(2)20-7-5-4-6-8-20)27-31-26-14-12-23(34)16-24(26)28(32-27)30-22-11-13-25-21(15-22)17-29-33-25/h3-17,34H,1H2,2H3,(H,29,33)(H,30,31,32)/b18-9+,19-10+. The van der Waals surface area contributed by atoms with Gasteiger partial charge in [0.05, 0.1) is 17.2 Å². The second-order valence-corrected chi connectivity index (χ2v) is 7.94. The van der Waals surface area contributed by atoms with Crippen molar-refractivity contribution in [3.63, 3.8) is 0 Å². The minimum absolute atomic E-state index is 0.151. The summed E-state index contributed by atoms with van der Waals surface area (Å²) in [5, 5.41) is 22.2. The molecule has 2 aromatic heterocycles. The summed E-state index contributed by atoms with van der Waals surface area (Å²) in [5.74, 6) is 1.28. The molecule has 2 heterocycles. The van der Waals surface area contributed by atoms with Gasteiger partial charge in [0, 0.05) is 22.0 Å². The number of rotatable bonds is 6. The number of nitrogens with zero attached hydrogens (tertiary/aromatic N) is 3. The van der Waals surface area contributed by atoms with Gasteiger partial charge in [-0.3, -0.25) is 5.10 Å². The topological polar surface area (TPSA) is 86.7 Å². The molecule has 6 nitrogen and oxygen atoms in total. The van der Waals surface area contributed by atoms with E-state index in [0.717, 1.165) is 38.7 Å². The SMILES string of the molecule is C=C/C(=C\C=C(/C)c1ccccc1)c1nc(Nc2ccc3[nH]ncc3c2)c2cc(O)ccc2n1. The number of aromatic hydroxyl groups is 1. The van der Waals surface area contributed by atoms with Gasteiger partial charge in [0.15, 0.2) is 5.82 Å². The molecule has 0 bridgehead atoms. The van der Waals surface area contributed by atoms with E-state index in [9.17, 15) is 5.11 Å². The molecule has 0 unspecified atom stereocenters. The Balaban J connectivity index is 1.58. The fourth-order valence-corrected chi connectivity index (χ4v) is 3.74. The van der Waals surface area contributed by atoms with Gasteiger partial charge in [-0.2, -0.15) is 5.10 Å². The molecule has 0 fully saturated rings. The Labute approximate surface area is 197 Å². The van der Waals surface area contributed by atoms with Gasteiger partial charge in [-0.25, -0.2) is 9.97 Å². The molecule has 3 N–H and O–H groups in total. The average molecular weight is 446 g/mol. The van der Waals surface area contributed by atoms with Crippen LogP contribution in [0.15, 0.2) is 97.7 Å². The maximum Gasteiger partial charge on any atom is 0.162 e. The summed E-state index contributed by atoms with van der Waals surface area (Å²) in [6.07, 6.45) is 7.53. The largest absolute Gasteiger partial charge is 0.508 e. The quantitative estimate of drug-likeness (QED) is 0.255. The van der Waals surface area contributed by atoms with Crippen LogP contribution in [0.25, 0.3) is 33.0 Å². The highest BCUT2D eigenvalue weighted by molar-refractivity contribution is 5.94. The molecule has 34 heavy (non-hydrogen) atoms. The molecule has 3 aromatic carbocycles. The summed E-state index contributed by atoms with van der Waals surface area (Å²) in [6.45, 7) is 6.04. The van der Waals surface area contributed by atoms with Crippen LogP contribution in [0.3, 0.4) is 0 Å². The lowest BCUT2D eigenvalue weighted by atomic mass is 10.1. The number of hydrogen-bond donors (Lipinski definition) is 3. The number of hydrogen-bond acceptors (Lipinski definition) is 5. The highest BCUT2D eigenvalue weighted by Gasteiger charge is 2.12. The first kappa shape index (κ1) is 21.2. The number of allylic oxidation sites excluding steroid dienone is 5. The Hall–Kier alpha value is -4.71. The van der Waals surface area contributed by atoms with Crippen LogP contribution in [0.2, 0.25) is 0 Å². The van der Waals surface area contributed by atoms with Gasteiger partial charge in [-0.15, -0.1) is 0 Å². The van der Waals surface area contributed by atoms with Crippen LogP contribution in [-0.2, 0) is 0 Å². The van der Waals surface area contributed by atoms with Gasteiger partial charge < -0.3 is 10.4 Å². The average Bonchev–Trinajstić information content (AvgIpc) is 3.33. The van der Waals surface area contributed by atoms with Gasteiger partial charge in [0.2, 0.25) is 0 Å². The fraction of sp³-hybridized carbons (Fsp3) is 0.0357. The monoisotopic (exact) mass is 445 g/mol. The molecule has 0 radical (unpaired) electrons. The van der Waals surface area contributed by atoms with E-state index in [1.165, 1.54) is 0 Å². The Morgan fingerprint density at radius 3 is 2.68 bits per heavy atom. The fourth-order valence-electron chi connectivity index (χ4n) is 3.74. The maximum absolute atomic E-state index is 10.1. The van der Waals surface area contributed by atoms with Crippen molar-refractivity contribution >= 4 is 44.5 Å². The summed E-state index contributed by atoms with van der Waals surface area (Å²) in [6, 6.07) is 21.2. The molecular weight excluding hydrogens is 422 g/mol. The third-order valence-corrected chi connectivity index (χ3v) is 5.60. The number of aromatic amines is 1. The normalized spacial score (nSPS) is 12.3. The van der Waals surface area contributed by atoms with E-state index >= 15 is 0 Å². The zero-order chi connectivity index (χ0) is 23.5. The number of anilines is 2. The molecule has 166 valence electrons. The second-order valence-electron chi connectivity index (χ2n) is 7.94. The number of fused-ring (bicyclic) bond motifs is 2. The molecule has 5 aromatic rings. The van der Waals surface area contributed by atoms with Crippen LogP contribution in [0.4, 0.5) is 11.5 Å². The van der Waals surface area contributed by atoms with Crippen molar-refractivity contribution in [3.05, 3.63) is 109 Å². The van der Waals surface area contributed by atoms with Crippen LogP contribution >= 0.6 is 0 Å². The third kappa shape index (κ3) is 4.29. The van der Waals surface area contributed by atoms with Gasteiger partial charge in [-0.1, -0.05) is 55.1 Å². The van der Waals surface area contributed by atoms with Crippen LogP contribution in [-0.4, -0.2) is 25.3 Å². The molecule has 5 rings (SSSR count). The first-order valence-corrected chi connectivity index (χ1v) is 10.9. The van der Waals surface area contributed by atoms with E-state index in [4.69, 9.17) is 9.97 Å². The predicted molar refractivity (Wildman–Crippen MR) is 139 cm³/mol. The first-order chi connectivity index (χ1) is 16.6. The second kappa shape index (κ2) is 9.03. The number of phenolic OH excluding ortho intramolecular Hbond substituents is 1. The van der Waals surface area contributed by atoms with Crippen LogP contribution < -0.4 is 5.32 Å². The molecule has 0 aliphatic heterocycles. The number of aromatic nitrogens is 4. The van der Waals surface area contributed by atoms with E-state index in [2.05, 4.69) is 41.1 Å². The minimum atomic E-state index is 0.151. The number of phenols is 1. The van der Waals surface area contributed by atoms with Crippen molar-refractivity contribution in [2.75, 3.05) is 5.32 Å². The Morgan fingerprint density at radius 2 is 1.85 bits per heavy atom. The van der Waals surface area contributed by atoms with Gasteiger partial charge >= 0.3 is 0 Å².